The van der Waals surface area contributed by atoms with E-state index in [0.29, 0.717) is 5.56 Å². The monoisotopic (exact) mass is 295 g/mol. The summed E-state index contributed by atoms with van der Waals surface area (Å²) in [6.45, 7) is 2.83. The zero-order valence-electron chi connectivity index (χ0n) is 11.8. The van der Waals surface area contributed by atoms with E-state index in [1.807, 2.05) is 6.92 Å². The number of hydrogen-bond donors (Lipinski definition) is 1. The number of halogens is 3. The SMILES string of the molecule is CC1NCCc2c1nn(C)c2-c1cccc(C(F)(F)F)c1. The van der Waals surface area contributed by atoms with Crippen molar-refractivity contribution in [3.8, 4) is 11.3 Å². The number of alkyl halides is 3. The van der Waals surface area contributed by atoms with Crippen molar-refractivity contribution in [1.29, 1.82) is 0 Å². The van der Waals surface area contributed by atoms with Gasteiger partial charge in [0, 0.05) is 24.2 Å². The average molecular weight is 295 g/mol. The summed E-state index contributed by atoms with van der Waals surface area (Å²) in [6.07, 6.45) is -3.55. The van der Waals surface area contributed by atoms with E-state index in [2.05, 4.69) is 10.4 Å². The molecule has 0 aliphatic carbocycles. The first-order valence-corrected chi connectivity index (χ1v) is 6.84. The van der Waals surface area contributed by atoms with Crippen LogP contribution in [0.2, 0.25) is 0 Å². The normalized spacial score (nSPS) is 18.6. The predicted molar refractivity (Wildman–Crippen MR) is 73.8 cm³/mol. The smallest absolute Gasteiger partial charge is 0.308 e. The second-order valence-corrected chi connectivity index (χ2v) is 5.34. The maximum absolute atomic E-state index is 12.9. The number of nitrogens with zero attached hydrogens (tertiary/aromatic N) is 2. The maximum Gasteiger partial charge on any atom is 0.416 e. The van der Waals surface area contributed by atoms with Crippen molar-refractivity contribution in [2.45, 2.75) is 25.6 Å². The molecule has 1 aliphatic heterocycles. The molecule has 2 aromatic rings. The maximum atomic E-state index is 12.9. The summed E-state index contributed by atoms with van der Waals surface area (Å²) in [5.74, 6) is 0. The second kappa shape index (κ2) is 4.87. The van der Waals surface area contributed by atoms with Gasteiger partial charge in [-0.3, -0.25) is 4.68 Å². The number of rotatable bonds is 1. The van der Waals surface area contributed by atoms with E-state index in [1.54, 1.807) is 17.8 Å². The standard InChI is InChI=1S/C15H16F3N3/c1-9-13-12(6-7-19-9)14(21(2)20-13)10-4-3-5-11(8-10)15(16,17)18/h3-5,8-9,19H,6-7H2,1-2H3. The third kappa shape index (κ3) is 2.44. The van der Waals surface area contributed by atoms with Crippen molar-refractivity contribution in [1.82, 2.24) is 15.1 Å². The molecular formula is C15H16F3N3. The molecule has 1 unspecified atom stereocenters. The highest BCUT2D eigenvalue weighted by Crippen LogP contribution is 2.35. The highest BCUT2D eigenvalue weighted by Gasteiger charge is 2.31. The van der Waals surface area contributed by atoms with E-state index in [0.717, 1.165) is 36.0 Å². The Labute approximate surface area is 120 Å². The first kappa shape index (κ1) is 14.1. The third-order valence-electron chi connectivity index (χ3n) is 3.88. The van der Waals surface area contributed by atoms with Crippen LogP contribution < -0.4 is 5.32 Å². The predicted octanol–water partition coefficient (Wildman–Crippen LogP) is 3.31. The quantitative estimate of drug-likeness (QED) is 0.874. The van der Waals surface area contributed by atoms with Crippen molar-refractivity contribution < 1.29 is 13.2 Å². The molecule has 6 heteroatoms. The Hall–Kier alpha value is -1.82. The van der Waals surface area contributed by atoms with Gasteiger partial charge in [-0.15, -0.1) is 0 Å². The first-order chi connectivity index (χ1) is 9.88. The van der Waals surface area contributed by atoms with Crippen LogP contribution in [-0.4, -0.2) is 16.3 Å². The molecule has 0 bridgehead atoms. The van der Waals surface area contributed by atoms with Crippen LogP contribution in [0.4, 0.5) is 13.2 Å². The van der Waals surface area contributed by atoms with E-state index in [9.17, 15) is 13.2 Å². The molecule has 0 amide bonds. The fourth-order valence-corrected chi connectivity index (χ4v) is 2.90. The minimum Gasteiger partial charge on any atom is -0.308 e. The number of aromatic nitrogens is 2. The van der Waals surface area contributed by atoms with Gasteiger partial charge in [0.25, 0.3) is 0 Å². The first-order valence-electron chi connectivity index (χ1n) is 6.84. The molecule has 0 fully saturated rings. The van der Waals surface area contributed by atoms with Gasteiger partial charge in [0.05, 0.1) is 17.0 Å². The fourth-order valence-electron chi connectivity index (χ4n) is 2.90. The van der Waals surface area contributed by atoms with Crippen LogP contribution in [0.15, 0.2) is 24.3 Å². The van der Waals surface area contributed by atoms with Crippen molar-refractivity contribution in [3.05, 3.63) is 41.1 Å². The van der Waals surface area contributed by atoms with Crippen LogP contribution in [0.25, 0.3) is 11.3 Å². The molecule has 0 saturated carbocycles. The van der Waals surface area contributed by atoms with Gasteiger partial charge in [-0.25, -0.2) is 0 Å². The van der Waals surface area contributed by atoms with Crippen LogP contribution >= 0.6 is 0 Å². The molecule has 0 radical (unpaired) electrons. The van der Waals surface area contributed by atoms with Crippen molar-refractivity contribution in [2.75, 3.05) is 6.54 Å². The van der Waals surface area contributed by atoms with Gasteiger partial charge in [-0.2, -0.15) is 18.3 Å². The molecule has 21 heavy (non-hydrogen) atoms. The lowest BCUT2D eigenvalue weighted by molar-refractivity contribution is -0.137. The van der Waals surface area contributed by atoms with Gasteiger partial charge in [0.15, 0.2) is 0 Å². The Kier molecular flexibility index (Phi) is 3.28. The zero-order chi connectivity index (χ0) is 15.2. The third-order valence-corrected chi connectivity index (χ3v) is 3.88. The zero-order valence-corrected chi connectivity index (χ0v) is 11.8. The molecule has 1 aliphatic rings. The molecule has 0 spiro atoms. The Balaban J connectivity index is 2.13. The molecule has 3 nitrogen and oxygen atoms in total. The van der Waals surface area contributed by atoms with Gasteiger partial charge >= 0.3 is 6.18 Å². The average Bonchev–Trinajstić information content (AvgIpc) is 2.76. The molecule has 1 aromatic heterocycles. The molecule has 0 saturated heterocycles. The van der Waals surface area contributed by atoms with Crippen LogP contribution in [0.3, 0.4) is 0 Å². The molecule has 1 N–H and O–H groups in total. The minimum atomic E-state index is -4.33. The van der Waals surface area contributed by atoms with Crippen molar-refractivity contribution >= 4 is 0 Å². The van der Waals surface area contributed by atoms with E-state index < -0.39 is 11.7 Å². The lowest BCUT2D eigenvalue weighted by atomic mass is 9.96. The lowest BCUT2D eigenvalue weighted by Gasteiger charge is -2.19. The Morgan fingerprint density at radius 3 is 2.81 bits per heavy atom. The molecule has 1 aromatic carbocycles. The Bertz CT molecular complexity index is 673. The fraction of sp³-hybridized carbons (Fsp3) is 0.400. The van der Waals surface area contributed by atoms with Crippen molar-refractivity contribution in [3.63, 3.8) is 0 Å². The summed E-state index contributed by atoms with van der Waals surface area (Å²) >= 11 is 0. The molecule has 1 atom stereocenters. The highest BCUT2D eigenvalue weighted by atomic mass is 19.4. The highest BCUT2D eigenvalue weighted by molar-refractivity contribution is 5.66. The molecule has 112 valence electrons. The van der Waals surface area contributed by atoms with Gasteiger partial charge in [0.2, 0.25) is 0 Å². The Morgan fingerprint density at radius 1 is 1.33 bits per heavy atom. The second-order valence-electron chi connectivity index (χ2n) is 5.34. The number of hydrogen-bond acceptors (Lipinski definition) is 2. The number of nitrogens with one attached hydrogen (secondary N) is 1. The molecule has 2 heterocycles. The number of benzene rings is 1. The summed E-state index contributed by atoms with van der Waals surface area (Å²) in [5, 5.41) is 7.78. The molecular weight excluding hydrogens is 279 g/mol. The summed E-state index contributed by atoms with van der Waals surface area (Å²) in [7, 11) is 1.78. The van der Waals surface area contributed by atoms with Gasteiger partial charge in [-0.1, -0.05) is 12.1 Å². The van der Waals surface area contributed by atoms with Gasteiger partial charge in [0.1, 0.15) is 0 Å². The lowest BCUT2D eigenvalue weighted by Crippen LogP contribution is -2.27. The summed E-state index contributed by atoms with van der Waals surface area (Å²) in [4.78, 5) is 0. The topological polar surface area (TPSA) is 29.9 Å². The van der Waals surface area contributed by atoms with E-state index in [4.69, 9.17) is 0 Å². The number of fused-ring (bicyclic) bond motifs is 1. The largest absolute Gasteiger partial charge is 0.416 e. The van der Waals surface area contributed by atoms with Crippen LogP contribution in [0.5, 0.6) is 0 Å². The van der Waals surface area contributed by atoms with E-state index in [-0.39, 0.29) is 6.04 Å². The van der Waals surface area contributed by atoms with Crippen LogP contribution in [0.1, 0.15) is 29.8 Å². The summed E-state index contributed by atoms with van der Waals surface area (Å²) in [5.41, 5.74) is 2.69. The summed E-state index contributed by atoms with van der Waals surface area (Å²) < 4.78 is 40.3. The van der Waals surface area contributed by atoms with Crippen LogP contribution in [0, 0.1) is 0 Å². The van der Waals surface area contributed by atoms with E-state index in [1.165, 1.54) is 12.1 Å². The van der Waals surface area contributed by atoms with Gasteiger partial charge < -0.3 is 5.32 Å². The number of aryl methyl sites for hydroxylation is 1. The van der Waals surface area contributed by atoms with Crippen molar-refractivity contribution in [2.24, 2.45) is 7.05 Å². The molecule has 3 rings (SSSR count). The van der Waals surface area contributed by atoms with E-state index >= 15 is 0 Å². The Morgan fingerprint density at radius 2 is 2.10 bits per heavy atom. The minimum absolute atomic E-state index is 0.125. The summed E-state index contributed by atoms with van der Waals surface area (Å²) in [6, 6.07) is 5.57. The van der Waals surface area contributed by atoms with Gasteiger partial charge in [-0.05, 0) is 32.0 Å². The van der Waals surface area contributed by atoms with Crippen LogP contribution in [-0.2, 0) is 19.6 Å².